The van der Waals surface area contributed by atoms with E-state index in [-0.39, 0.29) is 11.7 Å². The standard InChI is InChI=1S/C24H25ClFN3OS/c1-15-10-17(3)19(11-16(15)2)23-14-31-24(27-12-18-6-5-9-30-18)29(23)28-13-20-21(25)7-4-8-22(20)26/h4,7-8,10-11,13-14,18H,5-6,9,12H2,1-3H3. The minimum absolute atomic E-state index is 0.146. The summed E-state index contributed by atoms with van der Waals surface area (Å²) in [6.07, 6.45) is 3.70. The second kappa shape index (κ2) is 9.47. The van der Waals surface area contributed by atoms with Crippen LogP contribution < -0.4 is 4.80 Å². The molecule has 162 valence electrons. The van der Waals surface area contributed by atoms with Gasteiger partial charge < -0.3 is 4.74 Å². The number of nitrogens with zero attached hydrogens (tertiary/aromatic N) is 3. The zero-order valence-corrected chi connectivity index (χ0v) is 19.4. The lowest BCUT2D eigenvalue weighted by molar-refractivity contribution is 0.117. The van der Waals surface area contributed by atoms with Gasteiger partial charge in [0.2, 0.25) is 4.80 Å². The first-order valence-electron chi connectivity index (χ1n) is 10.3. The SMILES string of the molecule is Cc1cc(C)c(-c2csc(=NCC3CCCO3)n2N=Cc2c(F)cccc2Cl)cc1C. The van der Waals surface area contributed by atoms with E-state index in [9.17, 15) is 4.39 Å². The van der Waals surface area contributed by atoms with Gasteiger partial charge in [-0.1, -0.05) is 23.7 Å². The maximum absolute atomic E-state index is 14.3. The molecule has 31 heavy (non-hydrogen) atoms. The summed E-state index contributed by atoms with van der Waals surface area (Å²) in [6.45, 7) is 7.67. The Morgan fingerprint density at radius 2 is 2.03 bits per heavy atom. The highest BCUT2D eigenvalue weighted by Crippen LogP contribution is 2.27. The van der Waals surface area contributed by atoms with E-state index >= 15 is 0 Å². The Morgan fingerprint density at radius 1 is 1.23 bits per heavy atom. The highest BCUT2D eigenvalue weighted by Gasteiger charge is 2.16. The summed E-state index contributed by atoms with van der Waals surface area (Å²) in [6, 6.07) is 8.95. The molecule has 0 N–H and O–H groups in total. The molecule has 1 fully saturated rings. The molecular weight excluding hydrogens is 433 g/mol. The minimum atomic E-state index is -0.408. The van der Waals surface area contributed by atoms with Crippen molar-refractivity contribution in [2.24, 2.45) is 10.1 Å². The van der Waals surface area contributed by atoms with Crippen molar-refractivity contribution in [2.75, 3.05) is 13.2 Å². The predicted octanol–water partition coefficient (Wildman–Crippen LogP) is 5.90. The Kier molecular flexibility index (Phi) is 6.70. The lowest BCUT2D eigenvalue weighted by atomic mass is 9.99. The Hall–Kier alpha value is -2.28. The summed E-state index contributed by atoms with van der Waals surface area (Å²) in [5, 5.41) is 6.98. The fourth-order valence-corrected chi connectivity index (χ4v) is 4.71. The molecular formula is C24H25ClFN3OS. The van der Waals surface area contributed by atoms with Gasteiger partial charge >= 0.3 is 0 Å². The molecule has 0 saturated carbocycles. The van der Waals surface area contributed by atoms with E-state index in [4.69, 9.17) is 21.3 Å². The number of aryl methyl sites for hydroxylation is 3. The maximum Gasteiger partial charge on any atom is 0.206 e. The first-order chi connectivity index (χ1) is 14.9. The second-order valence-corrected chi connectivity index (χ2v) is 9.07. The van der Waals surface area contributed by atoms with Gasteiger partial charge in [-0.3, -0.25) is 4.99 Å². The van der Waals surface area contributed by atoms with Gasteiger partial charge in [-0.15, -0.1) is 11.3 Å². The molecule has 1 unspecified atom stereocenters. The molecule has 1 atom stereocenters. The molecule has 7 heteroatoms. The van der Waals surface area contributed by atoms with Crippen molar-refractivity contribution < 1.29 is 9.13 Å². The van der Waals surface area contributed by atoms with Crippen molar-refractivity contribution in [3.63, 3.8) is 0 Å². The zero-order chi connectivity index (χ0) is 22.0. The molecule has 0 spiro atoms. The Balaban J connectivity index is 1.81. The van der Waals surface area contributed by atoms with Gasteiger partial charge in [-0.05, 0) is 68.5 Å². The lowest BCUT2D eigenvalue weighted by Gasteiger charge is -2.11. The van der Waals surface area contributed by atoms with Crippen LogP contribution in [0.1, 0.15) is 35.1 Å². The second-order valence-electron chi connectivity index (χ2n) is 7.82. The first kappa shape index (κ1) is 21.9. The molecule has 4 nitrogen and oxygen atoms in total. The largest absolute Gasteiger partial charge is 0.376 e. The van der Waals surface area contributed by atoms with Crippen LogP contribution in [-0.4, -0.2) is 30.1 Å². The molecule has 0 radical (unpaired) electrons. The van der Waals surface area contributed by atoms with Gasteiger partial charge in [-0.2, -0.15) is 5.10 Å². The number of aromatic nitrogens is 1. The maximum atomic E-state index is 14.3. The Labute approximate surface area is 190 Å². The third kappa shape index (κ3) is 4.81. The van der Waals surface area contributed by atoms with Crippen molar-refractivity contribution in [3.05, 3.63) is 73.6 Å². The molecule has 2 heterocycles. The number of ether oxygens (including phenoxy) is 1. The monoisotopic (exact) mass is 457 g/mol. The van der Waals surface area contributed by atoms with E-state index in [0.29, 0.717) is 11.6 Å². The highest BCUT2D eigenvalue weighted by molar-refractivity contribution is 7.07. The Morgan fingerprint density at radius 3 is 2.77 bits per heavy atom. The summed E-state index contributed by atoms with van der Waals surface area (Å²) in [4.78, 5) is 5.52. The van der Waals surface area contributed by atoms with E-state index in [0.717, 1.165) is 41.1 Å². The molecule has 0 aliphatic carbocycles. The minimum Gasteiger partial charge on any atom is -0.376 e. The number of halogens is 2. The van der Waals surface area contributed by atoms with Crippen LogP contribution >= 0.6 is 22.9 Å². The van der Waals surface area contributed by atoms with Crippen LogP contribution in [0, 0.1) is 26.6 Å². The predicted molar refractivity (Wildman–Crippen MR) is 126 cm³/mol. The number of hydrogen-bond donors (Lipinski definition) is 0. The van der Waals surface area contributed by atoms with Crippen LogP contribution in [0.25, 0.3) is 11.3 Å². The smallest absolute Gasteiger partial charge is 0.206 e. The first-order valence-corrected chi connectivity index (χ1v) is 11.6. The Bertz CT molecular complexity index is 1170. The molecule has 1 aromatic heterocycles. The van der Waals surface area contributed by atoms with Crippen molar-refractivity contribution in [1.82, 2.24) is 4.68 Å². The normalized spacial score (nSPS) is 17.2. The van der Waals surface area contributed by atoms with E-state index < -0.39 is 5.82 Å². The molecule has 3 aromatic rings. The molecule has 1 aliphatic rings. The number of benzene rings is 2. The van der Waals surface area contributed by atoms with Gasteiger partial charge in [0.1, 0.15) is 5.82 Å². The van der Waals surface area contributed by atoms with Crippen LogP contribution in [0.15, 0.2) is 45.8 Å². The van der Waals surface area contributed by atoms with Gasteiger partial charge in [0.15, 0.2) is 0 Å². The zero-order valence-electron chi connectivity index (χ0n) is 17.9. The van der Waals surface area contributed by atoms with Gasteiger partial charge in [0, 0.05) is 23.1 Å². The summed E-state index contributed by atoms with van der Waals surface area (Å²) in [7, 11) is 0. The van der Waals surface area contributed by atoms with E-state index in [1.54, 1.807) is 16.8 Å². The summed E-state index contributed by atoms with van der Waals surface area (Å²) < 4.78 is 21.8. The fraction of sp³-hybridized carbons (Fsp3) is 0.333. The van der Waals surface area contributed by atoms with E-state index in [1.807, 2.05) is 5.38 Å². The van der Waals surface area contributed by atoms with Crippen molar-refractivity contribution in [2.45, 2.75) is 39.7 Å². The van der Waals surface area contributed by atoms with Crippen LogP contribution in [0.4, 0.5) is 4.39 Å². The van der Waals surface area contributed by atoms with Gasteiger partial charge in [0.25, 0.3) is 0 Å². The average molecular weight is 458 g/mol. The molecule has 4 rings (SSSR count). The molecule has 1 saturated heterocycles. The summed E-state index contributed by atoms with van der Waals surface area (Å²) in [5.41, 5.74) is 5.86. The highest BCUT2D eigenvalue weighted by atomic mass is 35.5. The van der Waals surface area contributed by atoms with Gasteiger partial charge in [0.05, 0.1) is 29.6 Å². The molecule has 0 amide bonds. The fourth-order valence-electron chi connectivity index (χ4n) is 3.66. The van der Waals surface area contributed by atoms with Crippen molar-refractivity contribution in [3.8, 4) is 11.3 Å². The third-order valence-corrected chi connectivity index (χ3v) is 6.74. The molecule has 2 aromatic carbocycles. The number of thiazole rings is 1. The van der Waals surface area contributed by atoms with Crippen LogP contribution in [0.2, 0.25) is 5.02 Å². The lowest BCUT2D eigenvalue weighted by Crippen LogP contribution is -2.17. The summed E-state index contributed by atoms with van der Waals surface area (Å²) >= 11 is 7.72. The number of hydrogen-bond acceptors (Lipinski definition) is 4. The van der Waals surface area contributed by atoms with Gasteiger partial charge in [-0.25, -0.2) is 9.07 Å². The van der Waals surface area contributed by atoms with Crippen molar-refractivity contribution >= 4 is 29.2 Å². The topological polar surface area (TPSA) is 38.9 Å². The van der Waals surface area contributed by atoms with Crippen LogP contribution in [-0.2, 0) is 4.74 Å². The third-order valence-electron chi connectivity index (χ3n) is 5.56. The average Bonchev–Trinajstić information content (AvgIpc) is 3.39. The molecule has 0 bridgehead atoms. The van der Waals surface area contributed by atoms with E-state index in [1.165, 1.54) is 34.7 Å². The van der Waals surface area contributed by atoms with Crippen molar-refractivity contribution in [1.29, 1.82) is 0 Å². The van der Waals surface area contributed by atoms with Crippen LogP contribution in [0.5, 0.6) is 0 Å². The van der Waals surface area contributed by atoms with Crippen LogP contribution in [0.3, 0.4) is 0 Å². The molecule has 1 aliphatic heterocycles. The summed E-state index contributed by atoms with van der Waals surface area (Å²) in [5.74, 6) is -0.408. The van der Waals surface area contributed by atoms with E-state index in [2.05, 4.69) is 38.0 Å². The number of rotatable bonds is 5. The quantitative estimate of drug-likeness (QED) is 0.440.